The van der Waals surface area contributed by atoms with Crippen LogP contribution in [0, 0.1) is 0 Å². The number of amides is 1. The van der Waals surface area contributed by atoms with Crippen LogP contribution in [0.15, 0.2) is 34.1 Å². The molecule has 0 aromatic rings. The summed E-state index contributed by atoms with van der Waals surface area (Å²) in [6.07, 6.45) is 9.76. The molecule has 0 aliphatic heterocycles. The summed E-state index contributed by atoms with van der Waals surface area (Å²) in [7, 11) is 1.44. The Morgan fingerprint density at radius 3 is 2.47 bits per heavy atom. The van der Waals surface area contributed by atoms with Crippen LogP contribution in [0.25, 0.3) is 0 Å². The normalized spacial score (nSPS) is 13.6. The van der Waals surface area contributed by atoms with Crippen LogP contribution in [0.1, 0.15) is 79.6 Å². The summed E-state index contributed by atoms with van der Waals surface area (Å²) in [5.41, 5.74) is -0.256. The van der Waals surface area contributed by atoms with Gasteiger partial charge < -0.3 is 24.3 Å². The minimum atomic E-state index is -1.00. The zero-order valence-corrected chi connectivity index (χ0v) is 20.6. The van der Waals surface area contributed by atoms with Crippen molar-refractivity contribution in [3.05, 3.63) is 24.1 Å². The Hall–Kier alpha value is -2.64. The van der Waals surface area contributed by atoms with Gasteiger partial charge in [0.1, 0.15) is 17.9 Å². The van der Waals surface area contributed by atoms with E-state index in [2.05, 4.69) is 35.7 Å². The maximum atomic E-state index is 12.4. The third-order valence-corrected chi connectivity index (χ3v) is 4.42. The van der Waals surface area contributed by atoms with Crippen molar-refractivity contribution >= 4 is 24.5 Å². The van der Waals surface area contributed by atoms with E-state index in [0.717, 1.165) is 50.5 Å². The lowest BCUT2D eigenvalue weighted by molar-refractivity contribution is -0.111. The second-order valence-corrected chi connectivity index (χ2v) is 7.90. The fourth-order valence-electron chi connectivity index (χ4n) is 2.54. The van der Waals surface area contributed by atoms with Crippen molar-refractivity contribution in [1.82, 2.24) is 5.32 Å². The summed E-state index contributed by atoms with van der Waals surface area (Å²) < 4.78 is 15.9. The average molecular weight is 452 g/mol. The highest BCUT2D eigenvalue weighted by Crippen LogP contribution is 2.14. The number of unbranched alkanes of at least 4 members (excludes halogenated alkanes) is 3. The fourth-order valence-corrected chi connectivity index (χ4v) is 2.54. The van der Waals surface area contributed by atoms with Crippen molar-refractivity contribution < 1.29 is 23.8 Å². The monoisotopic (exact) mass is 451 g/mol. The lowest BCUT2D eigenvalue weighted by atomic mass is 10.1. The summed E-state index contributed by atoms with van der Waals surface area (Å²) in [6.45, 7) is 13.0. The number of methoxy groups -OCH3 is 1. The molecule has 1 atom stereocenters. The molecule has 8 nitrogen and oxygen atoms in total. The van der Waals surface area contributed by atoms with E-state index in [0.29, 0.717) is 12.2 Å². The van der Waals surface area contributed by atoms with Crippen LogP contribution in [0.3, 0.4) is 0 Å². The molecule has 0 fully saturated rings. The summed E-state index contributed by atoms with van der Waals surface area (Å²) in [5.74, 6) is 0.783. The van der Waals surface area contributed by atoms with Gasteiger partial charge in [0.2, 0.25) is 12.7 Å². The summed E-state index contributed by atoms with van der Waals surface area (Å²) in [4.78, 5) is 32.6. The van der Waals surface area contributed by atoms with E-state index in [-0.39, 0.29) is 12.7 Å². The van der Waals surface area contributed by atoms with E-state index in [4.69, 9.17) is 14.2 Å². The summed E-state index contributed by atoms with van der Waals surface area (Å²) in [5, 5.41) is 2.74. The molecule has 0 radical (unpaired) electrons. The molecule has 1 N–H and O–H groups in total. The first-order chi connectivity index (χ1) is 15.2. The Kier molecular flexibility index (Phi) is 15.6. The molecular weight excluding hydrogens is 410 g/mol. The molecule has 0 spiro atoms. The van der Waals surface area contributed by atoms with Gasteiger partial charge in [-0.1, -0.05) is 45.8 Å². The molecule has 182 valence electrons. The number of hydrogen-bond acceptors (Lipinski definition) is 7. The number of carbonyl (C=O) groups excluding carboxylic acids is 2. The first-order valence-electron chi connectivity index (χ1n) is 11.2. The van der Waals surface area contributed by atoms with E-state index >= 15 is 0 Å². The van der Waals surface area contributed by atoms with Crippen LogP contribution in [-0.2, 0) is 19.0 Å². The Morgan fingerprint density at radius 1 is 1.19 bits per heavy atom. The van der Waals surface area contributed by atoms with Gasteiger partial charge in [-0.3, -0.25) is 4.99 Å². The van der Waals surface area contributed by atoms with Gasteiger partial charge in [-0.15, -0.1) is 0 Å². The van der Waals surface area contributed by atoms with E-state index in [1.807, 2.05) is 19.2 Å². The number of rotatable bonds is 16. The predicted molar refractivity (Wildman–Crippen MR) is 129 cm³/mol. The minimum absolute atomic E-state index is 0.203. The standard InChI is InChI=1S/C24H41N3O5/c1-8-11-13-14-19(4)31-18-32-23(29)26-21(16-20(10-3)25-15-12-9-2)22(30-7)27-24(5,6)17-28/h10,15,17,21H,4,8-9,11-14,16,18H2,1-3,5-7H3,(H,26,29)/b20-10-,25-15?,27-22?. The van der Waals surface area contributed by atoms with Crippen molar-refractivity contribution in [2.24, 2.45) is 9.98 Å². The number of hydrogen-bond donors (Lipinski definition) is 1. The molecule has 0 aromatic carbocycles. The number of carbonyl (C=O) groups is 2. The lowest BCUT2D eigenvalue weighted by Gasteiger charge is -2.22. The molecule has 8 heteroatoms. The SMILES string of the molecule is C=C(CCCCC)OCOC(=O)NC(C/C(=C/C)N=CCCC)C(=NC(C)(C)C=O)OC. The van der Waals surface area contributed by atoms with E-state index in [1.165, 1.54) is 7.11 Å². The van der Waals surface area contributed by atoms with E-state index in [1.54, 1.807) is 13.8 Å². The van der Waals surface area contributed by atoms with Crippen molar-refractivity contribution in [3.63, 3.8) is 0 Å². The van der Waals surface area contributed by atoms with E-state index in [9.17, 15) is 9.59 Å². The summed E-state index contributed by atoms with van der Waals surface area (Å²) in [6, 6.07) is -0.676. The van der Waals surface area contributed by atoms with Crippen LogP contribution >= 0.6 is 0 Å². The van der Waals surface area contributed by atoms with Gasteiger partial charge in [0, 0.05) is 24.8 Å². The number of ether oxygens (including phenoxy) is 3. The molecule has 0 aliphatic rings. The zero-order chi connectivity index (χ0) is 24.4. The molecule has 1 unspecified atom stereocenters. The van der Waals surface area contributed by atoms with Crippen LogP contribution < -0.4 is 5.32 Å². The number of nitrogens with one attached hydrogen (secondary N) is 1. The first kappa shape index (κ1) is 29.4. The number of allylic oxidation sites excluding steroid dienone is 2. The van der Waals surface area contributed by atoms with Crippen LogP contribution in [0.2, 0.25) is 0 Å². The van der Waals surface area contributed by atoms with E-state index < -0.39 is 17.7 Å². The van der Waals surface area contributed by atoms with Crippen molar-refractivity contribution in [2.45, 2.75) is 91.1 Å². The molecule has 0 rings (SSSR count). The molecular formula is C24H41N3O5. The molecule has 0 bridgehead atoms. The predicted octanol–water partition coefficient (Wildman–Crippen LogP) is 5.34. The fraction of sp³-hybridized carbons (Fsp3) is 0.667. The van der Waals surface area contributed by atoms with Crippen molar-refractivity contribution in [3.8, 4) is 0 Å². The highest BCUT2D eigenvalue weighted by molar-refractivity contribution is 5.87. The van der Waals surface area contributed by atoms with Crippen LogP contribution in [0.5, 0.6) is 0 Å². The maximum Gasteiger partial charge on any atom is 0.410 e. The largest absolute Gasteiger partial charge is 0.483 e. The second-order valence-electron chi connectivity index (χ2n) is 7.90. The average Bonchev–Trinajstić information content (AvgIpc) is 2.76. The van der Waals surface area contributed by atoms with Gasteiger partial charge in [-0.2, -0.15) is 0 Å². The van der Waals surface area contributed by atoms with Gasteiger partial charge >= 0.3 is 6.09 Å². The zero-order valence-electron chi connectivity index (χ0n) is 20.6. The number of aldehydes is 1. The number of nitrogens with zero attached hydrogens (tertiary/aromatic N) is 2. The Bertz CT molecular complexity index is 669. The van der Waals surface area contributed by atoms with Crippen LogP contribution in [-0.4, -0.2) is 50.0 Å². The molecule has 0 saturated carbocycles. The molecule has 0 aliphatic carbocycles. The maximum absolute atomic E-state index is 12.4. The van der Waals surface area contributed by atoms with Gasteiger partial charge in [0.15, 0.2) is 0 Å². The number of alkyl carbamates (subject to hydrolysis) is 1. The molecule has 0 aromatic heterocycles. The van der Waals surface area contributed by atoms with Gasteiger partial charge in [0.05, 0.1) is 12.9 Å². The van der Waals surface area contributed by atoms with Gasteiger partial charge in [-0.05, 0) is 33.6 Å². The highest BCUT2D eigenvalue weighted by Gasteiger charge is 2.25. The van der Waals surface area contributed by atoms with Gasteiger partial charge in [0.25, 0.3) is 0 Å². The topological polar surface area (TPSA) is 98.6 Å². The van der Waals surface area contributed by atoms with Crippen molar-refractivity contribution in [1.29, 1.82) is 0 Å². The Labute approximate surface area is 193 Å². The highest BCUT2D eigenvalue weighted by atomic mass is 16.7. The molecule has 1 amide bonds. The molecule has 0 saturated heterocycles. The lowest BCUT2D eigenvalue weighted by Crippen LogP contribution is -2.43. The second kappa shape index (κ2) is 17.0. The smallest absolute Gasteiger partial charge is 0.410 e. The Morgan fingerprint density at radius 2 is 1.91 bits per heavy atom. The quantitative estimate of drug-likeness (QED) is 0.0853. The third kappa shape index (κ3) is 13.6. The summed E-state index contributed by atoms with van der Waals surface area (Å²) >= 11 is 0. The number of aliphatic imine (C=N–C) groups is 2. The minimum Gasteiger partial charge on any atom is -0.483 e. The molecule has 0 heterocycles. The van der Waals surface area contributed by atoms with Crippen LogP contribution in [0.4, 0.5) is 4.79 Å². The van der Waals surface area contributed by atoms with Gasteiger partial charge in [-0.25, -0.2) is 9.79 Å². The van der Waals surface area contributed by atoms with Crippen molar-refractivity contribution in [2.75, 3.05) is 13.9 Å². The third-order valence-electron chi connectivity index (χ3n) is 4.42. The first-order valence-corrected chi connectivity index (χ1v) is 11.2. The molecule has 32 heavy (non-hydrogen) atoms. The Balaban J connectivity index is 5.24.